The molecule has 1 amide bonds. The van der Waals surface area contributed by atoms with Crippen molar-refractivity contribution in [2.45, 2.75) is 44.6 Å². The first-order valence-electron chi connectivity index (χ1n) is 9.78. The lowest BCUT2D eigenvalue weighted by molar-refractivity contribution is -0.140. The second-order valence-corrected chi connectivity index (χ2v) is 7.33. The van der Waals surface area contributed by atoms with Crippen LogP contribution < -0.4 is 16.2 Å². The van der Waals surface area contributed by atoms with Gasteiger partial charge in [-0.2, -0.15) is 0 Å². The van der Waals surface area contributed by atoms with Crippen LogP contribution in [-0.2, 0) is 19.1 Å². The monoisotopic (exact) mass is 407 g/mol. The zero-order valence-electron chi connectivity index (χ0n) is 16.8. The Balaban J connectivity index is 0.000000687. The zero-order chi connectivity index (χ0) is 21.4. The van der Waals surface area contributed by atoms with Crippen molar-refractivity contribution in [1.29, 1.82) is 0 Å². The van der Waals surface area contributed by atoms with Crippen LogP contribution in [0.2, 0.25) is 0 Å². The topological polar surface area (TPSA) is 127 Å². The number of methoxy groups -OCH3 is 1. The molecule has 0 aliphatic carbocycles. The molecule has 1 saturated heterocycles. The first-order valence-corrected chi connectivity index (χ1v) is 9.78. The van der Waals surface area contributed by atoms with E-state index in [9.17, 15) is 14.4 Å². The van der Waals surface area contributed by atoms with Gasteiger partial charge in [0.25, 0.3) is 11.5 Å². The summed E-state index contributed by atoms with van der Waals surface area (Å²) >= 11 is 0. The summed E-state index contributed by atoms with van der Waals surface area (Å²) in [7, 11) is 1.34. The van der Waals surface area contributed by atoms with Crippen molar-refractivity contribution in [3.05, 3.63) is 34.2 Å². The molecule has 1 aromatic rings. The molecule has 29 heavy (non-hydrogen) atoms. The Morgan fingerprint density at radius 3 is 2.69 bits per heavy atom. The molecule has 9 heteroatoms. The second kappa shape index (κ2) is 10.8. The minimum atomic E-state index is -0.833. The number of esters is 1. The lowest BCUT2D eigenvalue weighted by Crippen LogP contribution is -2.50. The fraction of sp³-hybridized carbons (Fsp3) is 0.600. The maximum atomic E-state index is 12.4. The maximum Gasteiger partial charge on any atom is 0.305 e. The summed E-state index contributed by atoms with van der Waals surface area (Å²) in [6, 6.07) is 5.38. The largest absolute Gasteiger partial charge is 0.481 e. The molecule has 0 unspecified atom stereocenters. The smallest absolute Gasteiger partial charge is 0.305 e. The molecule has 3 atom stereocenters. The number of rotatable bonds is 6. The van der Waals surface area contributed by atoms with Crippen LogP contribution in [-0.4, -0.2) is 54.3 Å². The van der Waals surface area contributed by atoms with Crippen LogP contribution in [0.3, 0.4) is 0 Å². The summed E-state index contributed by atoms with van der Waals surface area (Å²) in [4.78, 5) is 44.6. The Morgan fingerprint density at radius 1 is 1.28 bits per heavy atom. The van der Waals surface area contributed by atoms with Gasteiger partial charge in [-0.15, -0.1) is 0 Å². The number of nitrogens with one attached hydrogen (secondary N) is 2. The molecule has 0 saturated carbocycles. The van der Waals surface area contributed by atoms with Crippen LogP contribution in [0.25, 0.3) is 0 Å². The standard InChI is InChI=1S/C18H25N3O4.C2H4O2/c1-25-18(24)7-3-5-16(22)20-11-15-13-8-12(9-19-10-13)14-4-2-6-17(23)21(14)15;1-2(3)4/h2,4,6,12-13,15,19H,3,5,7-11H2,1H3,(H,20,22);1H3,(H,3,4)/t12-,13+,15+;/m1./s1. The third kappa shape index (κ3) is 6.42. The summed E-state index contributed by atoms with van der Waals surface area (Å²) in [6.45, 7) is 3.28. The van der Waals surface area contributed by atoms with Crippen molar-refractivity contribution in [1.82, 2.24) is 15.2 Å². The van der Waals surface area contributed by atoms with Crippen molar-refractivity contribution in [2.75, 3.05) is 26.7 Å². The van der Waals surface area contributed by atoms with E-state index < -0.39 is 5.97 Å². The fourth-order valence-electron chi connectivity index (χ4n) is 3.97. The number of aromatic nitrogens is 1. The molecule has 2 aliphatic heterocycles. The van der Waals surface area contributed by atoms with E-state index in [2.05, 4.69) is 15.4 Å². The van der Waals surface area contributed by atoms with Crippen LogP contribution in [0.4, 0.5) is 0 Å². The van der Waals surface area contributed by atoms with E-state index in [1.54, 1.807) is 6.07 Å². The molecular formula is C20H29N3O6. The van der Waals surface area contributed by atoms with Crippen LogP contribution in [0, 0.1) is 5.92 Å². The normalized spacial score (nSPS) is 21.8. The summed E-state index contributed by atoms with van der Waals surface area (Å²) in [6.07, 6.45) is 2.03. The van der Waals surface area contributed by atoms with E-state index >= 15 is 0 Å². The highest BCUT2D eigenvalue weighted by Gasteiger charge is 2.37. The van der Waals surface area contributed by atoms with Gasteiger partial charge in [-0.05, 0) is 24.8 Å². The lowest BCUT2D eigenvalue weighted by Gasteiger charge is -2.43. The molecule has 3 rings (SSSR count). The molecule has 3 N–H and O–H groups in total. The summed E-state index contributed by atoms with van der Waals surface area (Å²) in [5, 5.41) is 13.8. The SMILES string of the molecule is CC(=O)O.COC(=O)CCCC(=O)NC[C@H]1[C@@H]2CNC[C@@H](C2)c2cccc(=O)n21. The van der Waals surface area contributed by atoms with Crippen LogP contribution in [0.5, 0.6) is 0 Å². The molecule has 0 aromatic carbocycles. The number of carbonyl (C=O) groups is 3. The number of nitrogens with zero attached hydrogens (tertiary/aromatic N) is 1. The van der Waals surface area contributed by atoms with Gasteiger partial charge in [0.1, 0.15) is 0 Å². The van der Waals surface area contributed by atoms with Gasteiger partial charge in [-0.1, -0.05) is 6.07 Å². The number of pyridine rings is 1. The number of amides is 1. The summed E-state index contributed by atoms with van der Waals surface area (Å²) in [5.41, 5.74) is 1.06. The van der Waals surface area contributed by atoms with Gasteiger partial charge in [0.15, 0.2) is 0 Å². The summed E-state index contributed by atoms with van der Waals surface area (Å²) < 4.78 is 6.44. The van der Waals surface area contributed by atoms with Crippen molar-refractivity contribution in [2.24, 2.45) is 5.92 Å². The number of hydrogen-bond acceptors (Lipinski definition) is 6. The Morgan fingerprint density at radius 2 is 2.00 bits per heavy atom. The second-order valence-electron chi connectivity index (χ2n) is 7.33. The molecule has 1 aromatic heterocycles. The van der Waals surface area contributed by atoms with E-state index in [0.29, 0.717) is 24.8 Å². The maximum absolute atomic E-state index is 12.4. The fourth-order valence-corrected chi connectivity index (χ4v) is 3.97. The zero-order valence-corrected chi connectivity index (χ0v) is 16.8. The minimum absolute atomic E-state index is 0.000889. The third-order valence-electron chi connectivity index (χ3n) is 5.22. The van der Waals surface area contributed by atoms with Crippen LogP contribution in [0.15, 0.2) is 23.0 Å². The molecule has 0 radical (unpaired) electrons. The number of piperidine rings is 1. The van der Waals surface area contributed by atoms with Crippen LogP contribution in [0.1, 0.15) is 50.3 Å². The summed E-state index contributed by atoms with van der Waals surface area (Å²) in [5.74, 6) is -0.540. The molecule has 3 heterocycles. The van der Waals surface area contributed by atoms with Crippen molar-refractivity contribution in [3.63, 3.8) is 0 Å². The molecular weight excluding hydrogens is 378 g/mol. The highest BCUT2D eigenvalue weighted by molar-refractivity contribution is 5.77. The molecule has 2 aliphatic rings. The first-order chi connectivity index (χ1) is 13.8. The number of fused-ring (bicyclic) bond motifs is 4. The lowest BCUT2D eigenvalue weighted by atomic mass is 9.79. The van der Waals surface area contributed by atoms with Gasteiger partial charge in [-0.25, -0.2) is 0 Å². The average Bonchev–Trinajstić information content (AvgIpc) is 2.68. The molecule has 0 spiro atoms. The third-order valence-corrected chi connectivity index (χ3v) is 5.22. The first kappa shape index (κ1) is 22.6. The highest BCUT2D eigenvalue weighted by Crippen LogP contribution is 2.37. The predicted octanol–water partition coefficient (Wildman–Crippen LogP) is 0.647. The average molecular weight is 407 g/mol. The van der Waals surface area contributed by atoms with Gasteiger partial charge in [0, 0.05) is 57.1 Å². The number of carbonyl (C=O) groups excluding carboxylic acids is 2. The Hall–Kier alpha value is -2.68. The van der Waals surface area contributed by atoms with Gasteiger partial charge in [0.05, 0.1) is 13.2 Å². The van der Waals surface area contributed by atoms with E-state index in [4.69, 9.17) is 9.90 Å². The molecule has 9 nitrogen and oxygen atoms in total. The van der Waals surface area contributed by atoms with E-state index in [1.807, 2.05) is 16.7 Å². The number of hydrogen-bond donors (Lipinski definition) is 3. The number of ether oxygens (including phenoxy) is 1. The van der Waals surface area contributed by atoms with Crippen molar-refractivity contribution in [3.8, 4) is 0 Å². The van der Waals surface area contributed by atoms with E-state index in [0.717, 1.165) is 32.1 Å². The van der Waals surface area contributed by atoms with Crippen LogP contribution >= 0.6 is 0 Å². The Kier molecular flexibility index (Phi) is 8.38. The van der Waals surface area contributed by atoms with E-state index in [1.165, 1.54) is 7.11 Å². The minimum Gasteiger partial charge on any atom is -0.481 e. The van der Waals surface area contributed by atoms with Gasteiger partial charge in [0.2, 0.25) is 5.91 Å². The highest BCUT2D eigenvalue weighted by atomic mass is 16.5. The van der Waals surface area contributed by atoms with Crippen molar-refractivity contribution < 1.29 is 24.2 Å². The quantitative estimate of drug-likeness (QED) is 0.591. The number of aliphatic carboxylic acids is 1. The molecule has 160 valence electrons. The molecule has 1 fully saturated rings. The van der Waals surface area contributed by atoms with Gasteiger partial charge in [-0.3, -0.25) is 19.2 Å². The number of carboxylic acids is 1. The van der Waals surface area contributed by atoms with Crippen molar-refractivity contribution >= 4 is 17.8 Å². The Bertz CT molecular complexity index is 787. The van der Waals surface area contributed by atoms with Gasteiger partial charge < -0.3 is 25.0 Å². The predicted molar refractivity (Wildman–Crippen MR) is 106 cm³/mol. The van der Waals surface area contributed by atoms with E-state index in [-0.39, 0.29) is 36.3 Å². The van der Waals surface area contributed by atoms with Gasteiger partial charge >= 0.3 is 5.97 Å². The number of carboxylic acid groups (broad SMARTS) is 1. The molecule has 2 bridgehead atoms. The Labute approximate surface area is 169 Å².